The zero-order valence-corrected chi connectivity index (χ0v) is 10.3. The molecule has 2 aliphatic heterocycles. The van der Waals surface area contributed by atoms with Crippen molar-refractivity contribution < 1.29 is 0 Å². The van der Waals surface area contributed by atoms with Gasteiger partial charge in [-0.1, -0.05) is 6.92 Å². The molecule has 0 bridgehead atoms. The van der Waals surface area contributed by atoms with Crippen LogP contribution in [0.25, 0.3) is 0 Å². The monoisotopic (exact) mass is 230 g/mol. The van der Waals surface area contributed by atoms with Crippen LogP contribution in [-0.2, 0) is 0 Å². The normalized spacial score (nSPS) is 33.4. The van der Waals surface area contributed by atoms with E-state index in [9.17, 15) is 0 Å². The van der Waals surface area contributed by atoms with Gasteiger partial charge in [0.15, 0.2) is 0 Å². The quantitative estimate of drug-likeness (QED) is 0.787. The van der Waals surface area contributed by atoms with Gasteiger partial charge >= 0.3 is 0 Å². The van der Waals surface area contributed by atoms with Gasteiger partial charge in [-0.15, -0.1) is 11.8 Å². The molecule has 2 nitrogen and oxygen atoms in total. The largest absolute Gasteiger partial charge is 0.372 e. The molecule has 0 aromatic rings. The molecule has 0 aliphatic carbocycles. The SMILES string of the molecule is CCC1(C2=NCSCCN2)CCSC1. The Balaban J connectivity index is 2.12. The zero-order valence-electron chi connectivity index (χ0n) is 8.71. The Morgan fingerprint density at radius 3 is 3.07 bits per heavy atom. The third-order valence-electron chi connectivity index (χ3n) is 3.14. The van der Waals surface area contributed by atoms with Crippen LogP contribution < -0.4 is 5.32 Å². The van der Waals surface area contributed by atoms with E-state index < -0.39 is 0 Å². The van der Waals surface area contributed by atoms with Crippen molar-refractivity contribution in [2.75, 3.05) is 29.7 Å². The lowest BCUT2D eigenvalue weighted by molar-refractivity contribution is 0.448. The van der Waals surface area contributed by atoms with Gasteiger partial charge in [-0.25, -0.2) is 0 Å². The van der Waals surface area contributed by atoms with E-state index in [2.05, 4.69) is 24.0 Å². The number of aliphatic imine (C=N–C) groups is 1. The van der Waals surface area contributed by atoms with Crippen molar-refractivity contribution in [3.8, 4) is 0 Å². The standard InChI is InChI=1S/C10H18N2S2/c1-2-10(3-5-13-7-10)9-11-4-6-14-8-12-9/h2-8H2,1H3,(H,11,12). The first kappa shape index (κ1) is 10.7. The number of hydrogen-bond donors (Lipinski definition) is 1. The van der Waals surface area contributed by atoms with Crippen molar-refractivity contribution in [3.05, 3.63) is 0 Å². The summed E-state index contributed by atoms with van der Waals surface area (Å²) in [5.74, 6) is 6.02. The van der Waals surface area contributed by atoms with E-state index in [0.29, 0.717) is 5.41 Å². The number of rotatable bonds is 2. The third kappa shape index (κ3) is 2.06. The number of nitrogens with zero attached hydrogens (tertiary/aromatic N) is 1. The molecule has 1 N–H and O–H groups in total. The molecule has 1 unspecified atom stereocenters. The van der Waals surface area contributed by atoms with E-state index in [4.69, 9.17) is 4.99 Å². The van der Waals surface area contributed by atoms with Gasteiger partial charge < -0.3 is 5.32 Å². The summed E-state index contributed by atoms with van der Waals surface area (Å²) in [7, 11) is 0. The van der Waals surface area contributed by atoms with Crippen LogP contribution in [0.15, 0.2) is 4.99 Å². The minimum absolute atomic E-state index is 0.384. The second-order valence-electron chi connectivity index (χ2n) is 3.91. The predicted molar refractivity (Wildman–Crippen MR) is 67.4 cm³/mol. The summed E-state index contributed by atoms with van der Waals surface area (Å²) >= 11 is 4.01. The van der Waals surface area contributed by atoms with Crippen LogP contribution in [-0.4, -0.2) is 35.5 Å². The molecular formula is C10H18N2S2. The van der Waals surface area contributed by atoms with Gasteiger partial charge in [0, 0.05) is 23.5 Å². The minimum Gasteiger partial charge on any atom is -0.372 e. The van der Waals surface area contributed by atoms with E-state index in [-0.39, 0.29) is 0 Å². The smallest absolute Gasteiger partial charge is 0.104 e. The first-order valence-electron chi connectivity index (χ1n) is 5.32. The van der Waals surface area contributed by atoms with Crippen molar-refractivity contribution in [2.45, 2.75) is 19.8 Å². The number of nitrogens with one attached hydrogen (secondary N) is 1. The molecule has 0 amide bonds. The van der Waals surface area contributed by atoms with E-state index in [1.54, 1.807) is 0 Å². The Morgan fingerprint density at radius 2 is 2.36 bits per heavy atom. The van der Waals surface area contributed by atoms with Crippen molar-refractivity contribution in [1.82, 2.24) is 5.32 Å². The Bertz CT molecular complexity index is 222. The second kappa shape index (κ2) is 4.79. The van der Waals surface area contributed by atoms with Crippen LogP contribution in [0.2, 0.25) is 0 Å². The average Bonchev–Trinajstić information content (AvgIpc) is 2.54. The fourth-order valence-corrected chi connectivity index (χ4v) is 4.22. The summed E-state index contributed by atoms with van der Waals surface area (Å²) in [5, 5.41) is 3.53. The predicted octanol–water partition coefficient (Wildman–Crippen LogP) is 2.21. The highest BCUT2D eigenvalue weighted by Gasteiger charge is 2.37. The molecule has 1 fully saturated rings. The molecular weight excluding hydrogens is 212 g/mol. The lowest BCUT2D eigenvalue weighted by Crippen LogP contribution is -2.41. The van der Waals surface area contributed by atoms with Crippen LogP contribution in [0, 0.1) is 5.41 Å². The zero-order chi connectivity index (χ0) is 9.86. The fraction of sp³-hybridized carbons (Fsp3) is 0.900. The van der Waals surface area contributed by atoms with Gasteiger partial charge in [-0.05, 0) is 18.6 Å². The van der Waals surface area contributed by atoms with Gasteiger partial charge in [-0.2, -0.15) is 11.8 Å². The van der Waals surface area contributed by atoms with Crippen molar-refractivity contribution in [2.24, 2.45) is 10.4 Å². The molecule has 2 rings (SSSR count). The molecule has 0 aromatic carbocycles. The average molecular weight is 230 g/mol. The topological polar surface area (TPSA) is 24.4 Å². The molecule has 1 saturated heterocycles. The summed E-state index contributed by atoms with van der Waals surface area (Å²) < 4.78 is 0. The molecule has 2 aliphatic rings. The Morgan fingerprint density at radius 1 is 1.43 bits per heavy atom. The van der Waals surface area contributed by atoms with E-state index in [1.807, 2.05) is 11.8 Å². The highest BCUT2D eigenvalue weighted by atomic mass is 32.2. The maximum absolute atomic E-state index is 4.70. The minimum atomic E-state index is 0.384. The lowest BCUT2D eigenvalue weighted by atomic mass is 9.83. The van der Waals surface area contributed by atoms with Gasteiger partial charge in [0.25, 0.3) is 0 Å². The van der Waals surface area contributed by atoms with Crippen LogP contribution in [0.5, 0.6) is 0 Å². The second-order valence-corrected chi connectivity index (χ2v) is 6.09. The molecule has 0 radical (unpaired) electrons. The summed E-state index contributed by atoms with van der Waals surface area (Å²) in [6, 6.07) is 0. The molecule has 80 valence electrons. The summed E-state index contributed by atoms with van der Waals surface area (Å²) in [4.78, 5) is 4.70. The highest BCUT2D eigenvalue weighted by Crippen LogP contribution is 2.39. The molecule has 0 aromatic heterocycles. The third-order valence-corrected chi connectivity index (χ3v) is 5.19. The molecule has 1 atom stereocenters. The molecule has 0 spiro atoms. The van der Waals surface area contributed by atoms with Crippen LogP contribution in [0.4, 0.5) is 0 Å². The van der Waals surface area contributed by atoms with Crippen molar-refractivity contribution in [1.29, 1.82) is 0 Å². The van der Waals surface area contributed by atoms with E-state index in [0.717, 1.165) is 12.4 Å². The van der Waals surface area contributed by atoms with Crippen LogP contribution in [0.1, 0.15) is 19.8 Å². The van der Waals surface area contributed by atoms with Gasteiger partial charge in [0.05, 0.1) is 5.88 Å². The van der Waals surface area contributed by atoms with Crippen LogP contribution in [0.3, 0.4) is 0 Å². The van der Waals surface area contributed by atoms with Gasteiger partial charge in [0.2, 0.25) is 0 Å². The Hall–Kier alpha value is 0.170. The first-order chi connectivity index (χ1) is 6.87. The van der Waals surface area contributed by atoms with Crippen LogP contribution >= 0.6 is 23.5 Å². The maximum Gasteiger partial charge on any atom is 0.104 e. The summed E-state index contributed by atoms with van der Waals surface area (Å²) in [5.41, 5.74) is 0.384. The Kier molecular flexibility index (Phi) is 3.66. The number of thioether (sulfide) groups is 2. The maximum atomic E-state index is 4.70. The summed E-state index contributed by atoms with van der Waals surface area (Å²) in [6.45, 7) is 3.39. The highest BCUT2D eigenvalue weighted by molar-refractivity contribution is 7.99. The van der Waals surface area contributed by atoms with Crippen molar-refractivity contribution >= 4 is 29.4 Å². The van der Waals surface area contributed by atoms with Gasteiger partial charge in [-0.3, -0.25) is 4.99 Å². The summed E-state index contributed by atoms with van der Waals surface area (Å²) in [6.07, 6.45) is 2.54. The molecule has 2 heterocycles. The lowest BCUT2D eigenvalue weighted by Gasteiger charge is -2.28. The molecule has 14 heavy (non-hydrogen) atoms. The molecule has 4 heteroatoms. The number of amidine groups is 1. The number of hydrogen-bond acceptors (Lipinski definition) is 4. The van der Waals surface area contributed by atoms with E-state index >= 15 is 0 Å². The van der Waals surface area contributed by atoms with Gasteiger partial charge in [0.1, 0.15) is 5.84 Å². The molecule has 0 saturated carbocycles. The first-order valence-corrected chi connectivity index (χ1v) is 7.63. The van der Waals surface area contributed by atoms with E-state index in [1.165, 1.54) is 35.9 Å². The Labute approximate surface area is 94.7 Å². The van der Waals surface area contributed by atoms with Crippen molar-refractivity contribution in [3.63, 3.8) is 0 Å². The fourth-order valence-electron chi connectivity index (χ4n) is 2.07.